The largest absolute Gasteiger partial charge is 0.414 e. The van der Waals surface area contributed by atoms with Crippen LogP contribution in [0.25, 0.3) is 0 Å². The van der Waals surface area contributed by atoms with E-state index in [1.807, 2.05) is 19.1 Å². The molecule has 1 aromatic carbocycles. The van der Waals surface area contributed by atoms with Crippen molar-refractivity contribution in [1.82, 2.24) is 0 Å². The van der Waals surface area contributed by atoms with Crippen LogP contribution in [0.3, 0.4) is 0 Å². The van der Waals surface area contributed by atoms with Crippen LogP contribution in [-0.4, -0.2) is 108 Å². The first kappa shape index (κ1) is 55.1. The van der Waals surface area contributed by atoms with Crippen LogP contribution < -0.4 is 0 Å². The van der Waals surface area contributed by atoms with Crippen LogP contribution in [0.2, 0.25) is 36.3 Å². The number of hydrogen-bond donors (Lipinski definition) is 0. The van der Waals surface area contributed by atoms with E-state index in [0.29, 0.717) is 68.8 Å². The molecule has 3 saturated heterocycles. The van der Waals surface area contributed by atoms with Crippen LogP contribution in [0.4, 0.5) is 0 Å². The first-order chi connectivity index (χ1) is 29.5. The van der Waals surface area contributed by atoms with Gasteiger partial charge in [0.1, 0.15) is 0 Å². The molecular weight excluding hydrogens is 885 g/mol. The maximum absolute atomic E-state index is 14.0. The molecule has 0 amide bonds. The SMILES string of the molecule is C=C(CC[C@@H]1O[C@H](CC(CO[Si](C)(C)C(C)(C)C)O[Si](C)(C)C(C)(C)C)C[C@H]1CS(=O)(=O)c1ccc(CC)cc1)C(=C)C[C@@H](CC[C@@H]1O[C@@H](CCC2OCCO2)CC1=C)OS(C)(=O)=O. The summed E-state index contributed by atoms with van der Waals surface area (Å²) in [4.78, 5) is 0.318. The lowest BCUT2D eigenvalue weighted by Gasteiger charge is -2.42. The Morgan fingerprint density at radius 3 is 2.03 bits per heavy atom. The number of ether oxygens (including phenoxy) is 4. The first-order valence-electron chi connectivity index (χ1n) is 23.6. The van der Waals surface area contributed by atoms with Gasteiger partial charge in [0.15, 0.2) is 32.8 Å². The highest BCUT2D eigenvalue weighted by Gasteiger charge is 2.44. The quantitative estimate of drug-likeness (QED) is 0.0401. The van der Waals surface area contributed by atoms with Crippen molar-refractivity contribution in [2.24, 2.45) is 5.92 Å². The lowest BCUT2D eigenvalue weighted by atomic mass is 9.92. The molecular formula is C49H84O11S2Si2. The number of rotatable bonds is 25. The molecule has 64 heavy (non-hydrogen) atoms. The van der Waals surface area contributed by atoms with Gasteiger partial charge in [-0.2, -0.15) is 8.42 Å². The topological polar surface area (TPSA) is 133 Å². The Morgan fingerprint density at radius 1 is 0.828 bits per heavy atom. The third kappa shape index (κ3) is 16.6. The molecule has 0 radical (unpaired) electrons. The second kappa shape index (κ2) is 22.7. The molecule has 7 atom stereocenters. The maximum atomic E-state index is 14.0. The third-order valence-corrected chi connectivity index (χ3v) is 25.8. The molecule has 366 valence electrons. The Bertz CT molecular complexity index is 1930. The molecule has 0 N–H and O–H groups in total. The van der Waals surface area contributed by atoms with Gasteiger partial charge in [0.2, 0.25) is 0 Å². The highest BCUT2D eigenvalue weighted by Crippen LogP contribution is 2.42. The maximum Gasteiger partial charge on any atom is 0.264 e. The normalized spacial score (nSPS) is 24.1. The minimum absolute atomic E-state index is 0.0120. The Morgan fingerprint density at radius 2 is 1.45 bits per heavy atom. The smallest absolute Gasteiger partial charge is 0.264 e. The van der Waals surface area contributed by atoms with Gasteiger partial charge in [0, 0.05) is 18.8 Å². The molecule has 0 spiro atoms. The molecule has 3 heterocycles. The van der Waals surface area contributed by atoms with E-state index in [9.17, 15) is 16.8 Å². The number of sulfone groups is 1. The summed E-state index contributed by atoms with van der Waals surface area (Å²) >= 11 is 0. The number of allylic oxidation sites excluding steroid dienone is 1. The van der Waals surface area contributed by atoms with Crippen molar-refractivity contribution >= 4 is 36.6 Å². The Kier molecular flexibility index (Phi) is 19.6. The lowest BCUT2D eigenvalue weighted by Crippen LogP contribution is -2.48. The summed E-state index contributed by atoms with van der Waals surface area (Å²) < 4.78 is 96.8. The highest BCUT2D eigenvalue weighted by molar-refractivity contribution is 7.91. The predicted molar refractivity (Wildman–Crippen MR) is 263 cm³/mol. The fraction of sp³-hybridized carbons (Fsp3) is 0.755. The summed E-state index contributed by atoms with van der Waals surface area (Å²) in [7, 11) is -11.7. The standard InChI is InChI=1S/C49H84O11S2Si2/c1-16-38-18-22-44(23-19-38)62(52,53)34-39-31-42(32-43(60-64(14,15)49(8,9)10)33-56-63(12,13)48(5,6)7)58-46(39)24-17-35(2)36(3)29-41(59-61(11,50)51)20-25-45-37(4)30-40(57-45)21-26-47-54-27-28-55-47/h18-19,22-23,39-43,45-47H,2-4,16-17,20-21,24-34H2,1,5-15H3/t39-,40-,41+,42-,43?,45-,46-/m0/s1. The monoisotopic (exact) mass is 968 g/mol. The Labute approximate surface area is 390 Å². The van der Waals surface area contributed by atoms with E-state index >= 15 is 0 Å². The van der Waals surface area contributed by atoms with Crippen LogP contribution >= 0.6 is 0 Å². The van der Waals surface area contributed by atoms with Crippen LogP contribution in [0, 0.1) is 5.92 Å². The number of benzene rings is 1. The van der Waals surface area contributed by atoms with Crippen LogP contribution in [-0.2, 0) is 58.4 Å². The molecule has 0 bridgehead atoms. The van der Waals surface area contributed by atoms with Crippen LogP contribution in [0.5, 0.6) is 0 Å². The number of aryl methyl sites for hydroxylation is 1. The van der Waals surface area contributed by atoms with E-state index in [-0.39, 0.29) is 65.0 Å². The minimum Gasteiger partial charge on any atom is -0.414 e. The molecule has 0 aromatic heterocycles. The zero-order valence-electron chi connectivity index (χ0n) is 41.5. The fourth-order valence-corrected chi connectivity index (χ4v) is 12.9. The van der Waals surface area contributed by atoms with Crippen molar-refractivity contribution < 1.29 is 48.8 Å². The zero-order valence-corrected chi connectivity index (χ0v) is 45.1. The average Bonchev–Trinajstić information content (AvgIpc) is 3.92. The van der Waals surface area contributed by atoms with Gasteiger partial charge in [-0.15, -0.1) is 0 Å². The second-order valence-corrected chi connectivity index (χ2v) is 34.9. The molecule has 15 heteroatoms. The summed E-state index contributed by atoms with van der Waals surface area (Å²) in [5, 5.41) is 0.0213. The summed E-state index contributed by atoms with van der Waals surface area (Å²) in [6.07, 6.45) is 5.78. The summed E-state index contributed by atoms with van der Waals surface area (Å²) in [5.41, 5.74) is 3.52. The van der Waals surface area contributed by atoms with Crippen molar-refractivity contribution in [1.29, 1.82) is 0 Å². The fourth-order valence-electron chi connectivity index (χ4n) is 8.22. The highest BCUT2D eigenvalue weighted by atomic mass is 32.2. The van der Waals surface area contributed by atoms with E-state index in [1.165, 1.54) is 0 Å². The van der Waals surface area contributed by atoms with Gasteiger partial charge < -0.3 is 27.8 Å². The van der Waals surface area contributed by atoms with Gasteiger partial charge in [0.05, 0.1) is 73.3 Å². The third-order valence-electron chi connectivity index (χ3n) is 14.3. The molecule has 3 fully saturated rings. The van der Waals surface area contributed by atoms with Crippen LogP contribution in [0.15, 0.2) is 65.6 Å². The average molecular weight is 970 g/mol. The molecule has 3 aliphatic rings. The Hall–Kier alpha value is -1.51. The van der Waals surface area contributed by atoms with E-state index in [1.54, 1.807) is 12.1 Å². The predicted octanol–water partition coefficient (Wildman–Crippen LogP) is 10.9. The van der Waals surface area contributed by atoms with E-state index in [2.05, 4.69) is 87.5 Å². The Balaban J connectivity index is 1.46. The zero-order chi connectivity index (χ0) is 47.9. The molecule has 0 aliphatic carbocycles. The lowest BCUT2D eigenvalue weighted by molar-refractivity contribution is -0.0588. The second-order valence-electron chi connectivity index (χ2n) is 21.7. The van der Waals surface area contributed by atoms with Crippen molar-refractivity contribution in [2.45, 2.75) is 203 Å². The number of hydrogen-bond acceptors (Lipinski definition) is 11. The summed E-state index contributed by atoms with van der Waals surface area (Å²) in [5.74, 6) is -0.303. The first-order valence-corrected chi connectivity index (χ1v) is 32.9. The molecule has 1 unspecified atom stereocenters. The van der Waals surface area contributed by atoms with E-state index < -0.39 is 42.7 Å². The van der Waals surface area contributed by atoms with Crippen molar-refractivity contribution in [2.75, 3.05) is 31.8 Å². The summed E-state index contributed by atoms with van der Waals surface area (Å²) in [6, 6.07) is 7.20. The van der Waals surface area contributed by atoms with Gasteiger partial charge in [-0.05, 0) is 123 Å². The van der Waals surface area contributed by atoms with Gasteiger partial charge in [0.25, 0.3) is 10.1 Å². The van der Waals surface area contributed by atoms with Crippen molar-refractivity contribution in [3.63, 3.8) is 0 Å². The molecule has 4 rings (SSSR count). The molecule has 11 nitrogen and oxygen atoms in total. The van der Waals surface area contributed by atoms with Gasteiger partial charge in [-0.3, -0.25) is 4.18 Å². The molecule has 0 saturated carbocycles. The van der Waals surface area contributed by atoms with Crippen molar-refractivity contribution in [3.8, 4) is 0 Å². The van der Waals surface area contributed by atoms with Crippen molar-refractivity contribution in [3.05, 3.63) is 66.3 Å². The van der Waals surface area contributed by atoms with Gasteiger partial charge >= 0.3 is 0 Å². The van der Waals surface area contributed by atoms with E-state index in [0.717, 1.165) is 48.6 Å². The van der Waals surface area contributed by atoms with Crippen LogP contribution in [0.1, 0.15) is 118 Å². The van der Waals surface area contributed by atoms with Gasteiger partial charge in [-0.1, -0.05) is 85.9 Å². The molecule has 3 aliphatic heterocycles. The summed E-state index contributed by atoms with van der Waals surface area (Å²) in [6.45, 7) is 39.1. The molecule has 1 aromatic rings. The van der Waals surface area contributed by atoms with Gasteiger partial charge in [-0.25, -0.2) is 8.42 Å². The minimum atomic E-state index is -3.77. The van der Waals surface area contributed by atoms with E-state index in [4.69, 9.17) is 32.0 Å².